The predicted octanol–water partition coefficient (Wildman–Crippen LogP) is 5.08. The average Bonchev–Trinajstić information content (AvgIpc) is 2.90. The van der Waals surface area contributed by atoms with Gasteiger partial charge in [-0.3, -0.25) is 0 Å². The van der Waals surface area contributed by atoms with Crippen LogP contribution in [0.4, 0.5) is 0 Å². The molecule has 1 N–H and O–H groups in total. The number of aromatic hydroxyl groups is 1. The summed E-state index contributed by atoms with van der Waals surface area (Å²) >= 11 is 1.67. The van der Waals surface area contributed by atoms with Crippen LogP contribution in [0.2, 0.25) is 0 Å². The van der Waals surface area contributed by atoms with Gasteiger partial charge in [-0.1, -0.05) is 18.2 Å². The molecule has 0 atom stereocenters. The molecule has 0 bridgehead atoms. The molecule has 0 amide bonds. The molecule has 0 fully saturated rings. The lowest BCUT2D eigenvalue weighted by atomic mass is 10.1. The molecule has 1 heterocycles. The van der Waals surface area contributed by atoms with E-state index in [2.05, 4.69) is 12.1 Å². The van der Waals surface area contributed by atoms with Crippen LogP contribution in [0.5, 0.6) is 5.75 Å². The number of thioether (sulfide) groups is 1. The van der Waals surface area contributed by atoms with E-state index in [9.17, 15) is 9.90 Å². The molecule has 0 saturated heterocycles. The first-order valence-corrected chi connectivity index (χ1v) is 9.18. The Hall–Kier alpha value is -2.11. The van der Waals surface area contributed by atoms with Gasteiger partial charge in [0.1, 0.15) is 5.75 Å². The number of nitrogens with zero attached hydrogens (tertiary/aromatic N) is 1. The molecule has 138 valence electrons. The Labute approximate surface area is 163 Å². The van der Waals surface area contributed by atoms with E-state index in [1.54, 1.807) is 24.8 Å². The average molecular weight is 392 g/mol. The number of hydrogen-bond donors (Lipinski definition) is 1. The van der Waals surface area contributed by atoms with Crippen LogP contribution in [-0.4, -0.2) is 22.2 Å². The fourth-order valence-electron chi connectivity index (χ4n) is 3.00. The molecule has 0 radical (unpaired) electrons. The number of carbonyl (C=O) groups excluding carboxylic acids is 1. The molecule has 4 nitrogen and oxygen atoms in total. The Kier molecular flexibility index (Phi) is 6.62. The summed E-state index contributed by atoms with van der Waals surface area (Å²) < 4.78 is 7.31. The van der Waals surface area contributed by atoms with Gasteiger partial charge in [-0.05, 0) is 38.1 Å². The maximum Gasteiger partial charge on any atom is 0.340 e. The van der Waals surface area contributed by atoms with Gasteiger partial charge in [0.2, 0.25) is 0 Å². The highest BCUT2D eigenvalue weighted by Crippen LogP contribution is 2.36. The van der Waals surface area contributed by atoms with Crippen molar-refractivity contribution in [1.82, 2.24) is 4.57 Å². The Morgan fingerprint density at radius 1 is 1.19 bits per heavy atom. The maximum atomic E-state index is 12.6. The topological polar surface area (TPSA) is 51.5 Å². The number of benzene rings is 2. The van der Waals surface area contributed by atoms with Crippen molar-refractivity contribution < 1.29 is 14.6 Å². The third-order valence-electron chi connectivity index (χ3n) is 4.32. The van der Waals surface area contributed by atoms with Crippen LogP contribution in [0.25, 0.3) is 10.9 Å². The van der Waals surface area contributed by atoms with Gasteiger partial charge in [0, 0.05) is 39.9 Å². The van der Waals surface area contributed by atoms with Gasteiger partial charge in [0.05, 0.1) is 12.2 Å². The molecule has 3 aromatic rings. The minimum absolute atomic E-state index is 0. The number of halogens is 1. The van der Waals surface area contributed by atoms with Crippen molar-refractivity contribution in [1.29, 1.82) is 0 Å². The van der Waals surface area contributed by atoms with E-state index in [0.29, 0.717) is 23.5 Å². The number of rotatable bonds is 5. The summed E-state index contributed by atoms with van der Waals surface area (Å²) in [5.41, 5.74) is 3.07. The molecule has 26 heavy (non-hydrogen) atoms. The van der Waals surface area contributed by atoms with Gasteiger partial charge in [-0.15, -0.1) is 24.2 Å². The molecule has 0 aliphatic carbocycles. The van der Waals surface area contributed by atoms with Crippen molar-refractivity contribution in [2.75, 3.05) is 6.61 Å². The zero-order valence-electron chi connectivity index (χ0n) is 15.0. The number of fused-ring (bicyclic) bond motifs is 1. The second kappa shape index (κ2) is 8.52. The molecule has 0 saturated carbocycles. The SMILES string of the molecule is CCOC(=O)c1c(CSc2ccccc2)n(C)c2ccc(O)c(C)c12.Cl. The minimum atomic E-state index is -0.342. The lowest BCUT2D eigenvalue weighted by Crippen LogP contribution is -2.08. The van der Waals surface area contributed by atoms with Gasteiger partial charge in [-0.25, -0.2) is 4.79 Å². The van der Waals surface area contributed by atoms with E-state index in [0.717, 1.165) is 21.5 Å². The van der Waals surface area contributed by atoms with Crippen LogP contribution in [0.1, 0.15) is 28.5 Å². The molecule has 0 unspecified atom stereocenters. The zero-order valence-corrected chi connectivity index (χ0v) is 16.6. The van der Waals surface area contributed by atoms with Crippen molar-refractivity contribution in [3.05, 3.63) is 59.3 Å². The highest BCUT2D eigenvalue weighted by atomic mass is 35.5. The molecule has 0 aliphatic rings. The molecule has 2 aromatic carbocycles. The van der Waals surface area contributed by atoms with E-state index >= 15 is 0 Å². The van der Waals surface area contributed by atoms with Crippen molar-refractivity contribution in [2.24, 2.45) is 7.05 Å². The van der Waals surface area contributed by atoms with Crippen LogP contribution < -0.4 is 0 Å². The first-order valence-electron chi connectivity index (χ1n) is 8.19. The van der Waals surface area contributed by atoms with E-state index in [1.807, 2.05) is 42.8 Å². The second-order valence-corrected chi connectivity index (χ2v) is 6.86. The summed E-state index contributed by atoms with van der Waals surface area (Å²) in [6, 6.07) is 13.6. The molecule has 0 spiro atoms. The maximum absolute atomic E-state index is 12.6. The predicted molar refractivity (Wildman–Crippen MR) is 109 cm³/mol. The third-order valence-corrected chi connectivity index (χ3v) is 5.34. The Morgan fingerprint density at radius 2 is 1.88 bits per heavy atom. The molecular formula is C20H22ClNO3S. The summed E-state index contributed by atoms with van der Waals surface area (Å²) in [6.45, 7) is 3.94. The number of phenolic OH excluding ortho intramolecular Hbond substituents is 1. The number of aromatic nitrogens is 1. The number of aryl methyl sites for hydroxylation is 2. The van der Waals surface area contributed by atoms with E-state index in [1.165, 1.54) is 0 Å². The first kappa shape index (κ1) is 20.2. The zero-order chi connectivity index (χ0) is 18.0. The third kappa shape index (κ3) is 3.69. The second-order valence-electron chi connectivity index (χ2n) is 5.81. The number of ether oxygens (including phenoxy) is 1. The Balaban J connectivity index is 0.00000243. The van der Waals surface area contributed by atoms with Crippen LogP contribution in [0, 0.1) is 6.92 Å². The van der Waals surface area contributed by atoms with Crippen LogP contribution in [-0.2, 0) is 17.5 Å². The highest BCUT2D eigenvalue weighted by molar-refractivity contribution is 7.98. The molecule has 6 heteroatoms. The molecule has 1 aromatic heterocycles. The van der Waals surface area contributed by atoms with E-state index in [4.69, 9.17) is 4.74 Å². The molecule has 0 aliphatic heterocycles. The Morgan fingerprint density at radius 3 is 2.54 bits per heavy atom. The normalized spacial score (nSPS) is 10.6. The van der Waals surface area contributed by atoms with Crippen molar-refractivity contribution >= 4 is 41.0 Å². The quantitative estimate of drug-likeness (QED) is 0.486. The standard InChI is InChI=1S/C20H21NO3S.ClH/c1-4-24-20(23)19-16(12-25-14-8-6-5-7-9-14)21(3)15-10-11-17(22)13(2)18(15)19;/h5-11,22H,4,12H2,1-3H3;1H. The van der Waals surface area contributed by atoms with E-state index in [-0.39, 0.29) is 24.1 Å². The minimum Gasteiger partial charge on any atom is -0.508 e. The fraction of sp³-hybridized carbons (Fsp3) is 0.250. The summed E-state index contributed by atoms with van der Waals surface area (Å²) in [5, 5.41) is 10.9. The Bertz CT molecular complexity index is 922. The van der Waals surface area contributed by atoms with E-state index < -0.39 is 0 Å². The summed E-state index contributed by atoms with van der Waals surface area (Å²) in [5.74, 6) is 0.486. The first-order chi connectivity index (χ1) is 12.0. The largest absolute Gasteiger partial charge is 0.508 e. The van der Waals surface area contributed by atoms with Crippen molar-refractivity contribution in [2.45, 2.75) is 24.5 Å². The van der Waals surface area contributed by atoms with Gasteiger partial charge in [0.15, 0.2) is 0 Å². The fourth-order valence-corrected chi connectivity index (χ4v) is 3.99. The van der Waals surface area contributed by atoms with Crippen molar-refractivity contribution in [3.8, 4) is 5.75 Å². The number of esters is 1. The van der Waals surface area contributed by atoms with Crippen LogP contribution >= 0.6 is 24.2 Å². The van der Waals surface area contributed by atoms with Crippen LogP contribution in [0.15, 0.2) is 47.4 Å². The van der Waals surface area contributed by atoms with Gasteiger partial charge in [0.25, 0.3) is 0 Å². The van der Waals surface area contributed by atoms with Crippen LogP contribution in [0.3, 0.4) is 0 Å². The summed E-state index contributed by atoms with van der Waals surface area (Å²) in [6.07, 6.45) is 0. The lowest BCUT2D eigenvalue weighted by molar-refractivity contribution is 0.0527. The summed E-state index contributed by atoms with van der Waals surface area (Å²) in [7, 11) is 1.95. The van der Waals surface area contributed by atoms with Gasteiger partial charge in [-0.2, -0.15) is 0 Å². The lowest BCUT2D eigenvalue weighted by Gasteiger charge is -2.08. The van der Waals surface area contributed by atoms with Crippen molar-refractivity contribution in [3.63, 3.8) is 0 Å². The molecule has 3 rings (SSSR count). The number of phenols is 1. The highest BCUT2D eigenvalue weighted by Gasteiger charge is 2.24. The number of carbonyl (C=O) groups is 1. The smallest absolute Gasteiger partial charge is 0.340 e. The monoisotopic (exact) mass is 391 g/mol. The molecular weight excluding hydrogens is 370 g/mol. The number of hydrogen-bond acceptors (Lipinski definition) is 4. The van der Waals surface area contributed by atoms with Gasteiger partial charge < -0.3 is 14.4 Å². The summed E-state index contributed by atoms with van der Waals surface area (Å²) in [4.78, 5) is 13.8. The van der Waals surface area contributed by atoms with Gasteiger partial charge >= 0.3 is 5.97 Å².